The molecule has 1 aliphatic rings. The predicted molar refractivity (Wildman–Crippen MR) is 80.1 cm³/mol. The van der Waals surface area contributed by atoms with E-state index >= 15 is 0 Å². The van der Waals surface area contributed by atoms with Crippen molar-refractivity contribution in [2.45, 2.75) is 58.4 Å². The number of nitrogens with one attached hydrogen (secondary N) is 1. The number of likely N-dealkylation sites (N-methyl/N-ethyl adjacent to an activating group) is 1. The zero-order valence-corrected chi connectivity index (χ0v) is 12.9. The van der Waals surface area contributed by atoms with Crippen molar-refractivity contribution in [2.75, 3.05) is 19.6 Å². The van der Waals surface area contributed by atoms with Gasteiger partial charge in [0.15, 0.2) is 0 Å². The van der Waals surface area contributed by atoms with E-state index in [1.807, 2.05) is 13.8 Å². The molecule has 0 radical (unpaired) electrons. The van der Waals surface area contributed by atoms with Crippen molar-refractivity contribution in [3.63, 3.8) is 0 Å². The molecule has 3 N–H and O–H groups in total. The fourth-order valence-corrected chi connectivity index (χ4v) is 2.88. The largest absolute Gasteiger partial charge is 0.347 e. The van der Waals surface area contributed by atoms with Gasteiger partial charge in [0, 0.05) is 25.6 Å². The summed E-state index contributed by atoms with van der Waals surface area (Å²) in [4.78, 5) is 25.2. The van der Waals surface area contributed by atoms with Crippen LogP contribution in [0.2, 0.25) is 0 Å². The van der Waals surface area contributed by atoms with Crippen molar-refractivity contribution < 1.29 is 9.59 Å². The second kappa shape index (κ2) is 8.95. The van der Waals surface area contributed by atoms with Crippen LogP contribution < -0.4 is 11.1 Å². The van der Waals surface area contributed by atoms with Crippen LogP contribution in [0.3, 0.4) is 0 Å². The van der Waals surface area contributed by atoms with Crippen LogP contribution in [0.25, 0.3) is 0 Å². The molecule has 0 saturated heterocycles. The van der Waals surface area contributed by atoms with Crippen LogP contribution in [0.5, 0.6) is 0 Å². The van der Waals surface area contributed by atoms with Crippen LogP contribution in [-0.2, 0) is 9.59 Å². The van der Waals surface area contributed by atoms with Crippen molar-refractivity contribution in [1.82, 2.24) is 10.2 Å². The smallest absolute Gasteiger partial charge is 0.241 e. The van der Waals surface area contributed by atoms with Gasteiger partial charge in [0.2, 0.25) is 11.8 Å². The van der Waals surface area contributed by atoms with Crippen LogP contribution >= 0.6 is 0 Å². The van der Waals surface area contributed by atoms with Gasteiger partial charge in [-0.15, -0.1) is 0 Å². The lowest BCUT2D eigenvalue weighted by Gasteiger charge is -2.26. The molecule has 1 aliphatic carbocycles. The average molecular weight is 283 g/mol. The molecule has 0 aromatic rings. The number of rotatable bonds is 7. The van der Waals surface area contributed by atoms with E-state index in [1.54, 1.807) is 4.90 Å². The molecule has 0 heterocycles. The summed E-state index contributed by atoms with van der Waals surface area (Å²) in [5.74, 6) is 0.538. The van der Waals surface area contributed by atoms with Gasteiger partial charge in [-0.1, -0.05) is 12.8 Å². The zero-order valence-electron chi connectivity index (χ0n) is 12.9. The number of carbonyl (C=O) groups is 2. The first-order chi connectivity index (χ1) is 9.56. The molecule has 0 spiro atoms. The average Bonchev–Trinajstić information content (AvgIpc) is 2.44. The summed E-state index contributed by atoms with van der Waals surface area (Å²) >= 11 is 0. The SMILES string of the molecule is CCN(CC)C(=O)CNC(=O)CCC1CCCC(N)C1. The number of amides is 2. The monoisotopic (exact) mass is 283 g/mol. The molecule has 2 unspecified atom stereocenters. The fourth-order valence-electron chi connectivity index (χ4n) is 2.88. The molecule has 1 rings (SSSR count). The van der Waals surface area contributed by atoms with Gasteiger partial charge in [-0.2, -0.15) is 0 Å². The van der Waals surface area contributed by atoms with Crippen molar-refractivity contribution >= 4 is 11.8 Å². The van der Waals surface area contributed by atoms with Crippen molar-refractivity contribution in [1.29, 1.82) is 0 Å². The van der Waals surface area contributed by atoms with Crippen molar-refractivity contribution in [3.05, 3.63) is 0 Å². The van der Waals surface area contributed by atoms with E-state index in [9.17, 15) is 9.59 Å². The van der Waals surface area contributed by atoms with Gasteiger partial charge < -0.3 is 16.0 Å². The summed E-state index contributed by atoms with van der Waals surface area (Å²) in [6.45, 7) is 5.37. The van der Waals surface area contributed by atoms with E-state index in [2.05, 4.69) is 5.32 Å². The number of hydrogen-bond donors (Lipinski definition) is 2. The quantitative estimate of drug-likeness (QED) is 0.739. The second-order valence-corrected chi connectivity index (χ2v) is 5.67. The summed E-state index contributed by atoms with van der Waals surface area (Å²) in [5, 5.41) is 2.72. The van der Waals surface area contributed by atoms with E-state index in [-0.39, 0.29) is 18.4 Å². The van der Waals surface area contributed by atoms with Crippen molar-refractivity contribution in [2.24, 2.45) is 11.7 Å². The molecular weight excluding hydrogens is 254 g/mol. The molecule has 1 saturated carbocycles. The minimum Gasteiger partial charge on any atom is -0.347 e. The van der Waals surface area contributed by atoms with Gasteiger partial charge >= 0.3 is 0 Å². The Labute approximate surface area is 122 Å². The molecular formula is C15H29N3O2. The Morgan fingerprint density at radius 1 is 1.25 bits per heavy atom. The maximum absolute atomic E-state index is 11.8. The third-order valence-electron chi connectivity index (χ3n) is 4.16. The Morgan fingerprint density at radius 3 is 2.55 bits per heavy atom. The summed E-state index contributed by atoms with van der Waals surface area (Å²) in [5.41, 5.74) is 5.94. The number of carbonyl (C=O) groups excluding carboxylic acids is 2. The Balaban J connectivity index is 2.18. The van der Waals surface area contributed by atoms with Crippen LogP contribution in [0.15, 0.2) is 0 Å². The fraction of sp³-hybridized carbons (Fsp3) is 0.867. The minimum absolute atomic E-state index is 0.0111. The normalized spacial score (nSPS) is 22.4. The first-order valence-corrected chi connectivity index (χ1v) is 7.86. The van der Waals surface area contributed by atoms with E-state index < -0.39 is 0 Å². The molecule has 1 fully saturated rings. The number of nitrogens with two attached hydrogens (primary N) is 1. The Kier molecular flexibility index (Phi) is 7.59. The number of nitrogens with zero attached hydrogens (tertiary/aromatic N) is 1. The maximum Gasteiger partial charge on any atom is 0.241 e. The lowest BCUT2D eigenvalue weighted by molar-refractivity contribution is -0.132. The van der Waals surface area contributed by atoms with Gasteiger partial charge in [0.05, 0.1) is 6.54 Å². The molecule has 5 heteroatoms. The highest BCUT2D eigenvalue weighted by molar-refractivity contribution is 5.84. The Hall–Kier alpha value is -1.10. The lowest BCUT2D eigenvalue weighted by atomic mass is 9.83. The third-order valence-corrected chi connectivity index (χ3v) is 4.16. The molecule has 0 aromatic carbocycles. The van der Waals surface area contributed by atoms with Crippen molar-refractivity contribution in [3.8, 4) is 0 Å². The first kappa shape index (κ1) is 17.0. The third kappa shape index (κ3) is 5.90. The Bertz CT molecular complexity index is 316. The van der Waals surface area contributed by atoms with Gasteiger partial charge in [-0.25, -0.2) is 0 Å². The van der Waals surface area contributed by atoms with Gasteiger partial charge in [0.1, 0.15) is 0 Å². The first-order valence-electron chi connectivity index (χ1n) is 7.86. The standard InChI is InChI=1S/C15H29N3O2/c1-3-18(4-2)15(20)11-17-14(19)9-8-12-6-5-7-13(16)10-12/h12-13H,3-11,16H2,1-2H3,(H,17,19). The van der Waals surface area contributed by atoms with E-state index in [0.29, 0.717) is 31.5 Å². The van der Waals surface area contributed by atoms with Gasteiger partial charge in [-0.3, -0.25) is 9.59 Å². The molecule has 2 atom stereocenters. The predicted octanol–water partition coefficient (Wildman–Crippen LogP) is 1.27. The molecule has 0 aromatic heterocycles. The van der Waals surface area contributed by atoms with E-state index in [1.165, 1.54) is 12.8 Å². The highest BCUT2D eigenvalue weighted by Crippen LogP contribution is 2.26. The molecule has 116 valence electrons. The van der Waals surface area contributed by atoms with E-state index in [4.69, 9.17) is 5.73 Å². The highest BCUT2D eigenvalue weighted by atomic mass is 16.2. The highest BCUT2D eigenvalue weighted by Gasteiger charge is 2.20. The minimum atomic E-state index is -0.0235. The Morgan fingerprint density at radius 2 is 1.95 bits per heavy atom. The van der Waals surface area contributed by atoms with Crippen LogP contribution in [-0.4, -0.2) is 42.4 Å². The molecule has 0 aliphatic heterocycles. The van der Waals surface area contributed by atoms with Crippen LogP contribution in [0.4, 0.5) is 0 Å². The second-order valence-electron chi connectivity index (χ2n) is 5.67. The topological polar surface area (TPSA) is 75.4 Å². The summed E-state index contributed by atoms with van der Waals surface area (Å²) in [6.07, 6.45) is 5.89. The van der Waals surface area contributed by atoms with Gasteiger partial charge in [-0.05, 0) is 39.0 Å². The van der Waals surface area contributed by atoms with Crippen LogP contribution in [0.1, 0.15) is 52.4 Å². The maximum atomic E-state index is 11.8. The summed E-state index contributed by atoms with van der Waals surface area (Å²) in [7, 11) is 0. The molecule has 0 bridgehead atoms. The summed E-state index contributed by atoms with van der Waals surface area (Å²) in [6, 6.07) is 0.307. The molecule has 20 heavy (non-hydrogen) atoms. The number of hydrogen-bond acceptors (Lipinski definition) is 3. The molecule has 5 nitrogen and oxygen atoms in total. The zero-order chi connectivity index (χ0) is 15.0. The van der Waals surface area contributed by atoms with Gasteiger partial charge in [0.25, 0.3) is 0 Å². The lowest BCUT2D eigenvalue weighted by Crippen LogP contribution is -2.40. The van der Waals surface area contributed by atoms with Crippen LogP contribution in [0, 0.1) is 5.92 Å². The molecule has 2 amide bonds. The summed E-state index contributed by atoms with van der Waals surface area (Å²) < 4.78 is 0. The van der Waals surface area contributed by atoms with E-state index in [0.717, 1.165) is 19.3 Å².